The molecule has 0 aromatic heterocycles. The highest BCUT2D eigenvalue weighted by molar-refractivity contribution is 8.01. The molecule has 0 spiro atoms. The molecule has 2 heterocycles. The van der Waals surface area contributed by atoms with Gasteiger partial charge in [-0.2, -0.15) is 0 Å². The normalized spacial score (nSPS) is 24.0. The number of thioether (sulfide) groups is 1. The third-order valence-corrected chi connectivity index (χ3v) is 8.18. The minimum Gasteiger partial charge on any atom is -0.394 e. The van der Waals surface area contributed by atoms with Gasteiger partial charge in [0.1, 0.15) is 17.5 Å². The van der Waals surface area contributed by atoms with Gasteiger partial charge in [0.15, 0.2) is 0 Å². The van der Waals surface area contributed by atoms with Gasteiger partial charge in [-0.25, -0.2) is 0 Å². The first-order chi connectivity index (χ1) is 15.0. The number of aliphatic hydroxyl groups excluding tert-OH is 1. The Morgan fingerprint density at radius 1 is 1.19 bits per heavy atom. The monoisotopic (exact) mass is 461 g/mol. The zero-order valence-electron chi connectivity index (χ0n) is 19.7. The summed E-state index contributed by atoms with van der Waals surface area (Å²) in [5.74, 6) is -0.840. The predicted molar refractivity (Wildman–Crippen MR) is 126 cm³/mol. The van der Waals surface area contributed by atoms with Gasteiger partial charge in [-0.1, -0.05) is 52.3 Å². The van der Waals surface area contributed by atoms with E-state index in [0.717, 1.165) is 12.0 Å². The van der Waals surface area contributed by atoms with Gasteiger partial charge in [0.2, 0.25) is 11.8 Å². The van der Waals surface area contributed by atoms with Crippen molar-refractivity contribution in [2.45, 2.75) is 76.2 Å². The molecule has 8 heteroatoms. The molecule has 1 aromatic rings. The maximum atomic E-state index is 13.5. The number of rotatable bonds is 8. The zero-order chi connectivity index (χ0) is 23.8. The number of amides is 3. The van der Waals surface area contributed by atoms with Crippen LogP contribution >= 0.6 is 11.8 Å². The van der Waals surface area contributed by atoms with Gasteiger partial charge >= 0.3 is 0 Å². The molecule has 176 valence electrons. The molecule has 0 bridgehead atoms. The lowest BCUT2D eigenvalue weighted by Crippen LogP contribution is -2.59. The lowest BCUT2D eigenvalue weighted by Gasteiger charge is -2.32. The van der Waals surface area contributed by atoms with Gasteiger partial charge in [0.05, 0.1) is 12.6 Å². The van der Waals surface area contributed by atoms with Crippen LogP contribution in [-0.4, -0.2) is 57.2 Å². The van der Waals surface area contributed by atoms with E-state index in [9.17, 15) is 19.5 Å². The van der Waals surface area contributed by atoms with Crippen molar-refractivity contribution in [3.8, 4) is 0 Å². The van der Waals surface area contributed by atoms with Crippen molar-refractivity contribution in [1.82, 2.24) is 15.5 Å². The molecule has 3 N–H and O–H groups in total. The minimum atomic E-state index is -0.763. The molecule has 32 heavy (non-hydrogen) atoms. The standard InChI is InChI=1S/C24H35N3O4S/c1-7-14(4)17(12-28)25-20(29)18(13(2)3)26-21(30)19-24(5,6)32-23-16-11-9-8-10-15(16)22(31)27(19)23/h8-11,13-14,17-19,23,28H,7,12H2,1-6H3,(H,25,29)(H,26,30)/t14-,17-,18+,19+,23+/m0/s1. The molecule has 7 nitrogen and oxygen atoms in total. The SMILES string of the molecule is CC[C@H](C)[C@H](CO)NC(=O)[C@H](NC(=O)[C@H]1N2C(=O)c3ccccc3[C@H]2SC1(C)C)C(C)C. The van der Waals surface area contributed by atoms with E-state index in [1.165, 1.54) is 0 Å². The van der Waals surface area contributed by atoms with E-state index in [1.807, 2.05) is 59.7 Å². The second-order valence-electron chi connectivity index (χ2n) is 9.69. The van der Waals surface area contributed by atoms with E-state index in [-0.39, 0.29) is 47.6 Å². The van der Waals surface area contributed by atoms with Crippen molar-refractivity contribution in [2.24, 2.45) is 11.8 Å². The first kappa shape index (κ1) is 24.6. The first-order valence-corrected chi connectivity index (χ1v) is 12.2. The number of aliphatic hydroxyl groups is 1. The quantitative estimate of drug-likeness (QED) is 0.553. The van der Waals surface area contributed by atoms with E-state index in [0.29, 0.717) is 5.56 Å². The van der Waals surface area contributed by atoms with Crippen molar-refractivity contribution >= 4 is 29.5 Å². The van der Waals surface area contributed by atoms with Crippen molar-refractivity contribution in [3.05, 3.63) is 35.4 Å². The lowest BCUT2D eigenvalue weighted by molar-refractivity contribution is -0.133. The number of nitrogens with zero attached hydrogens (tertiary/aromatic N) is 1. The Morgan fingerprint density at radius 3 is 2.44 bits per heavy atom. The molecule has 1 fully saturated rings. The molecule has 5 atom stereocenters. The fourth-order valence-electron chi connectivity index (χ4n) is 4.50. The summed E-state index contributed by atoms with van der Waals surface area (Å²) < 4.78 is -0.514. The maximum Gasteiger partial charge on any atom is 0.256 e. The summed E-state index contributed by atoms with van der Waals surface area (Å²) in [6, 6.07) is 5.64. The molecule has 3 rings (SSSR count). The Morgan fingerprint density at radius 2 is 1.84 bits per heavy atom. The van der Waals surface area contributed by atoms with Crippen LogP contribution in [-0.2, 0) is 9.59 Å². The Labute approximate surface area is 194 Å². The van der Waals surface area contributed by atoms with Crippen LogP contribution in [0.2, 0.25) is 0 Å². The number of carbonyl (C=O) groups excluding carboxylic acids is 3. The van der Waals surface area contributed by atoms with E-state index < -0.39 is 16.8 Å². The number of nitrogens with one attached hydrogen (secondary N) is 2. The van der Waals surface area contributed by atoms with Gasteiger partial charge < -0.3 is 20.6 Å². The molecule has 0 radical (unpaired) electrons. The van der Waals surface area contributed by atoms with E-state index in [1.54, 1.807) is 22.7 Å². The summed E-state index contributed by atoms with van der Waals surface area (Å²) in [6.07, 6.45) is 0.816. The highest BCUT2D eigenvalue weighted by Crippen LogP contribution is 2.56. The van der Waals surface area contributed by atoms with Crippen molar-refractivity contribution in [1.29, 1.82) is 0 Å². The third-order valence-electron chi connectivity index (χ3n) is 6.65. The zero-order valence-corrected chi connectivity index (χ0v) is 20.5. The van der Waals surface area contributed by atoms with Crippen LogP contribution < -0.4 is 10.6 Å². The number of hydrogen-bond donors (Lipinski definition) is 3. The Bertz CT molecular complexity index is 888. The molecular formula is C24H35N3O4S. The largest absolute Gasteiger partial charge is 0.394 e. The number of carbonyl (C=O) groups is 3. The van der Waals surface area contributed by atoms with E-state index >= 15 is 0 Å². The van der Waals surface area contributed by atoms with Crippen LogP contribution in [0, 0.1) is 11.8 Å². The van der Waals surface area contributed by atoms with Crippen molar-refractivity contribution < 1.29 is 19.5 Å². The molecule has 1 aromatic carbocycles. The van der Waals surface area contributed by atoms with E-state index in [2.05, 4.69) is 10.6 Å². The first-order valence-electron chi connectivity index (χ1n) is 11.3. The van der Waals surface area contributed by atoms with Gasteiger partial charge in [0.25, 0.3) is 5.91 Å². The number of fused-ring (bicyclic) bond motifs is 3. The Hall–Kier alpha value is -2.06. The number of hydrogen-bond acceptors (Lipinski definition) is 5. The van der Waals surface area contributed by atoms with Crippen molar-refractivity contribution in [3.63, 3.8) is 0 Å². The molecule has 2 aliphatic rings. The summed E-state index contributed by atoms with van der Waals surface area (Å²) in [5, 5.41) is 15.3. The van der Waals surface area contributed by atoms with E-state index in [4.69, 9.17) is 0 Å². The molecular weight excluding hydrogens is 426 g/mol. The summed E-state index contributed by atoms with van der Waals surface area (Å²) in [6.45, 7) is 11.5. The maximum absolute atomic E-state index is 13.5. The summed E-state index contributed by atoms with van der Waals surface area (Å²) >= 11 is 1.60. The topological polar surface area (TPSA) is 98.7 Å². The molecule has 2 aliphatic heterocycles. The highest BCUT2D eigenvalue weighted by Gasteiger charge is 2.57. The van der Waals surface area contributed by atoms with Gasteiger partial charge in [-0.05, 0) is 37.3 Å². The number of benzene rings is 1. The second kappa shape index (κ2) is 9.43. The molecule has 0 aliphatic carbocycles. The summed E-state index contributed by atoms with van der Waals surface area (Å²) in [4.78, 5) is 41.4. The van der Waals surface area contributed by atoms with Crippen LogP contribution in [0.4, 0.5) is 0 Å². The van der Waals surface area contributed by atoms with Crippen LogP contribution in [0.15, 0.2) is 24.3 Å². The Kier molecular flexibility index (Phi) is 7.25. The third kappa shape index (κ3) is 4.39. The predicted octanol–water partition coefficient (Wildman–Crippen LogP) is 2.70. The lowest BCUT2D eigenvalue weighted by atomic mass is 9.96. The van der Waals surface area contributed by atoms with Crippen LogP contribution in [0.1, 0.15) is 69.3 Å². The summed E-state index contributed by atoms with van der Waals surface area (Å²) in [5.41, 5.74) is 1.57. The van der Waals surface area contributed by atoms with Crippen LogP contribution in [0.5, 0.6) is 0 Å². The Balaban J connectivity index is 1.81. The fourth-order valence-corrected chi connectivity index (χ4v) is 6.09. The van der Waals surface area contributed by atoms with Gasteiger partial charge in [-0.15, -0.1) is 11.8 Å². The molecule has 1 saturated heterocycles. The second-order valence-corrected chi connectivity index (χ2v) is 11.4. The molecule has 0 saturated carbocycles. The van der Waals surface area contributed by atoms with Crippen LogP contribution in [0.25, 0.3) is 0 Å². The molecule has 3 amide bonds. The van der Waals surface area contributed by atoms with Gasteiger partial charge in [-0.3, -0.25) is 14.4 Å². The van der Waals surface area contributed by atoms with Crippen molar-refractivity contribution in [2.75, 3.05) is 6.61 Å². The smallest absolute Gasteiger partial charge is 0.256 e. The summed E-state index contributed by atoms with van der Waals surface area (Å²) in [7, 11) is 0. The fraction of sp³-hybridized carbons (Fsp3) is 0.625. The van der Waals surface area contributed by atoms with Gasteiger partial charge in [0, 0.05) is 10.3 Å². The average Bonchev–Trinajstić information content (AvgIpc) is 3.18. The molecule has 0 unspecified atom stereocenters. The van der Waals surface area contributed by atoms with Crippen LogP contribution in [0.3, 0.4) is 0 Å². The highest BCUT2D eigenvalue weighted by atomic mass is 32.2. The average molecular weight is 462 g/mol. The minimum absolute atomic E-state index is 0.110.